The third-order valence-corrected chi connectivity index (χ3v) is 10.3. The molecule has 0 radical (unpaired) electrons. The van der Waals surface area contributed by atoms with Crippen LogP contribution in [-0.2, 0) is 10.8 Å². The van der Waals surface area contributed by atoms with Gasteiger partial charge >= 0.3 is 0 Å². The number of benzene rings is 4. The Morgan fingerprint density at radius 2 is 0.938 bits per heavy atom. The Morgan fingerprint density at radius 1 is 0.531 bits per heavy atom. The van der Waals surface area contributed by atoms with Gasteiger partial charge in [0.05, 0.1) is 0 Å². The minimum absolute atomic E-state index is 0.304. The number of hydrogen-bond acceptors (Lipinski definition) is 0. The molecule has 0 aliphatic heterocycles. The zero-order chi connectivity index (χ0) is 21.5. The molecule has 4 saturated carbocycles. The van der Waals surface area contributed by atoms with Crippen molar-refractivity contribution in [3.05, 3.63) is 92.9 Å². The SMILES string of the molecule is Brc1ccc(C23CC4CC(C2)CC(c2ccc(Br)c5ccccc25)(C4)C3)c2ccccc12. The summed E-state index contributed by atoms with van der Waals surface area (Å²) in [5, 5.41) is 5.65. The molecule has 0 saturated heterocycles. The van der Waals surface area contributed by atoms with Crippen LogP contribution >= 0.6 is 31.9 Å². The highest BCUT2D eigenvalue weighted by Gasteiger charge is 2.59. The Morgan fingerprint density at radius 3 is 1.38 bits per heavy atom. The third-order valence-electron chi connectivity index (χ3n) is 8.95. The van der Waals surface area contributed by atoms with E-state index in [0.717, 1.165) is 11.8 Å². The average Bonchev–Trinajstić information content (AvgIpc) is 2.79. The second-order valence-electron chi connectivity index (χ2n) is 10.8. The molecule has 2 heteroatoms. The van der Waals surface area contributed by atoms with E-state index in [9.17, 15) is 0 Å². The molecule has 0 spiro atoms. The Bertz CT molecular complexity index is 1270. The van der Waals surface area contributed by atoms with Gasteiger partial charge in [-0.3, -0.25) is 0 Å². The molecular weight excluding hydrogens is 520 g/mol. The van der Waals surface area contributed by atoms with E-state index in [2.05, 4.69) is 105 Å². The summed E-state index contributed by atoms with van der Waals surface area (Å²) in [5.41, 5.74) is 3.82. The average molecular weight is 546 g/mol. The van der Waals surface area contributed by atoms with Gasteiger partial charge in [-0.15, -0.1) is 0 Å². The molecule has 0 aromatic heterocycles. The molecule has 4 bridgehead atoms. The number of hydrogen-bond donors (Lipinski definition) is 0. The molecule has 8 rings (SSSR count). The molecule has 0 atom stereocenters. The smallest absolute Gasteiger partial charge is 0.0253 e. The number of fused-ring (bicyclic) bond motifs is 2. The first-order valence-electron chi connectivity index (χ1n) is 11.9. The molecule has 4 aromatic carbocycles. The fraction of sp³-hybridized carbons (Fsp3) is 0.333. The van der Waals surface area contributed by atoms with Gasteiger partial charge in [0.1, 0.15) is 0 Å². The summed E-state index contributed by atoms with van der Waals surface area (Å²) >= 11 is 7.64. The van der Waals surface area contributed by atoms with Crippen LogP contribution in [-0.4, -0.2) is 0 Å². The van der Waals surface area contributed by atoms with Crippen LogP contribution in [0.3, 0.4) is 0 Å². The van der Waals surface area contributed by atoms with E-state index in [1.165, 1.54) is 69.0 Å². The van der Waals surface area contributed by atoms with Gasteiger partial charge in [-0.25, -0.2) is 0 Å². The highest BCUT2D eigenvalue weighted by molar-refractivity contribution is 9.11. The highest BCUT2D eigenvalue weighted by Crippen LogP contribution is 2.67. The number of rotatable bonds is 2. The molecule has 0 nitrogen and oxygen atoms in total. The summed E-state index contributed by atoms with van der Waals surface area (Å²) in [7, 11) is 0. The summed E-state index contributed by atoms with van der Waals surface area (Å²) in [5.74, 6) is 1.70. The lowest BCUT2D eigenvalue weighted by Crippen LogP contribution is -2.56. The molecule has 0 N–H and O–H groups in total. The van der Waals surface area contributed by atoms with Crippen molar-refractivity contribution in [2.24, 2.45) is 11.8 Å². The summed E-state index contributed by atoms with van der Waals surface area (Å²) < 4.78 is 2.44. The largest absolute Gasteiger partial charge is 0.0616 e. The Labute approximate surface area is 206 Å². The fourth-order valence-corrected chi connectivity index (χ4v) is 9.30. The van der Waals surface area contributed by atoms with E-state index < -0.39 is 0 Å². The van der Waals surface area contributed by atoms with E-state index in [-0.39, 0.29) is 0 Å². The van der Waals surface area contributed by atoms with Gasteiger partial charge in [-0.05, 0) is 106 Å². The van der Waals surface area contributed by atoms with Crippen molar-refractivity contribution >= 4 is 53.4 Å². The summed E-state index contributed by atoms with van der Waals surface area (Å²) in [6.45, 7) is 0. The Kier molecular flexibility index (Phi) is 4.29. The van der Waals surface area contributed by atoms with Gasteiger partial charge in [-0.2, -0.15) is 0 Å². The van der Waals surface area contributed by atoms with Crippen LogP contribution in [0.25, 0.3) is 21.5 Å². The topological polar surface area (TPSA) is 0 Å². The maximum atomic E-state index is 3.82. The summed E-state index contributed by atoms with van der Waals surface area (Å²) in [6, 6.07) is 27.6. The van der Waals surface area contributed by atoms with Gasteiger partial charge in [0.15, 0.2) is 0 Å². The van der Waals surface area contributed by atoms with Gasteiger partial charge in [0.25, 0.3) is 0 Å². The molecule has 0 unspecified atom stereocenters. The van der Waals surface area contributed by atoms with Crippen LogP contribution in [0.5, 0.6) is 0 Å². The van der Waals surface area contributed by atoms with E-state index >= 15 is 0 Å². The molecule has 4 aliphatic rings. The van der Waals surface area contributed by atoms with Crippen molar-refractivity contribution in [3.63, 3.8) is 0 Å². The molecule has 4 fully saturated rings. The van der Waals surface area contributed by atoms with Crippen molar-refractivity contribution < 1.29 is 0 Å². The van der Waals surface area contributed by atoms with Gasteiger partial charge in [-0.1, -0.05) is 92.5 Å². The van der Waals surface area contributed by atoms with Gasteiger partial charge in [0.2, 0.25) is 0 Å². The first-order valence-corrected chi connectivity index (χ1v) is 13.5. The van der Waals surface area contributed by atoms with Crippen molar-refractivity contribution in [2.45, 2.75) is 49.4 Å². The van der Waals surface area contributed by atoms with Crippen molar-refractivity contribution in [1.29, 1.82) is 0 Å². The molecule has 0 amide bonds. The molecule has 4 aliphatic carbocycles. The zero-order valence-corrected chi connectivity index (χ0v) is 21.3. The Balaban J connectivity index is 1.45. The van der Waals surface area contributed by atoms with Gasteiger partial charge < -0.3 is 0 Å². The van der Waals surface area contributed by atoms with E-state index in [1.807, 2.05) is 0 Å². The van der Waals surface area contributed by atoms with Crippen LogP contribution in [0.1, 0.15) is 49.7 Å². The van der Waals surface area contributed by atoms with Gasteiger partial charge in [0, 0.05) is 8.95 Å². The zero-order valence-electron chi connectivity index (χ0n) is 18.1. The lowest BCUT2D eigenvalue weighted by molar-refractivity contribution is -0.0268. The molecule has 32 heavy (non-hydrogen) atoms. The van der Waals surface area contributed by atoms with Crippen LogP contribution in [0.15, 0.2) is 81.7 Å². The first-order chi connectivity index (χ1) is 15.6. The van der Waals surface area contributed by atoms with Crippen LogP contribution < -0.4 is 0 Å². The van der Waals surface area contributed by atoms with Crippen molar-refractivity contribution in [1.82, 2.24) is 0 Å². The minimum atomic E-state index is 0.304. The fourth-order valence-electron chi connectivity index (χ4n) is 8.34. The minimum Gasteiger partial charge on any atom is -0.0616 e. The predicted octanol–water partition coefficient (Wildman–Crippen LogP) is 9.31. The molecular formula is C30H26Br2. The predicted molar refractivity (Wildman–Crippen MR) is 141 cm³/mol. The third kappa shape index (κ3) is 2.72. The maximum Gasteiger partial charge on any atom is 0.0253 e. The van der Waals surface area contributed by atoms with Crippen LogP contribution in [0, 0.1) is 11.8 Å². The quantitative estimate of drug-likeness (QED) is 0.235. The molecule has 0 heterocycles. The molecule has 4 aromatic rings. The normalized spacial score (nSPS) is 30.9. The van der Waals surface area contributed by atoms with Crippen molar-refractivity contribution in [2.75, 3.05) is 0 Å². The monoisotopic (exact) mass is 544 g/mol. The lowest BCUT2D eigenvalue weighted by atomic mass is 9.41. The highest BCUT2D eigenvalue weighted by atomic mass is 79.9. The van der Waals surface area contributed by atoms with E-state index in [1.54, 1.807) is 11.1 Å². The second kappa shape index (κ2) is 6.93. The van der Waals surface area contributed by atoms with Crippen LogP contribution in [0.4, 0.5) is 0 Å². The van der Waals surface area contributed by atoms with E-state index in [4.69, 9.17) is 0 Å². The lowest BCUT2D eigenvalue weighted by Gasteiger charge is -2.63. The molecule has 160 valence electrons. The Hall–Kier alpha value is -1.64. The standard InChI is InChI=1S/C30H26Br2/c31-27-11-9-25(21-5-1-3-7-23(21)27)29-14-19-13-20(15-29)17-30(16-19,18-29)26-10-12-28(32)24-8-4-2-6-22(24)26/h1-12,19-20H,13-18H2. The maximum absolute atomic E-state index is 3.82. The van der Waals surface area contributed by atoms with Crippen LogP contribution in [0.2, 0.25) is 0 Å². The first kappa shape index (κ1) is 19.8. The number of halogens is 2. The van der Waals surface area contributed by atoms with E-state index in [0.29, 0.717) is 10.8 Å². The summed E-state index contributed by atoms with van der Waals surface area (Å²) in [6.07, 6.45) is 8.20. The summed E-state index contributed by atoms with van der Waals surface area (Å²) in [4.78, 5) is 0. The van der Waals surface area contributed by atoms with Crippen molar-refractivity contribution in [3.8, 4) is 0 Å². The second-order valence-corrected chi connectivity index (χ2v) is 12.5.